The maximum absolute atomic E-state index is 12.7. The van der Waals surface area contributed by atoms with Crippen LogP contribution in [0.25, 0.3) is 16.9 Å². The number of carbonyl (C=O) groups is 1. The van der Waals surface area contributed by atoms with Gasteiger partial charge in [0.05, 0.1) is 15.7 Å². The molecular formula is C20H18Cl2N2O4. The first kappa shape index (κ1) is 20.0. The van der Waals surface area contributed by atoms with Crippen LogP contribution in [0.3, 0.4) is 0 Å². The van der Waals surface area contributed by atoms with Crippen LogP contribution >= 0.6 is 23.2 Å². The minimum atomic E-state index is -0.819. The van der Waals surface area contributed by atoms with Gasteiger partial charge in [-0.2, -0.15) is 0 Å². The molecule has 8 heteroatoms. The number of hydrogen-bond donors (Lipinski definition) is 2. The number of benzene rings is 2. The molecule has 0 amide bonds. The number of hydrogen-bond acceptors (Lipinski definition) is 3. The molecule has 0 aliphatic rings. The molecule has 0 aliphatic heterocycles. The Kier molecular flexibility index (Phi) is 5.82. The lowest BCUT2D eigenvalue weighted by Gasteiger charge is -2.07. The van der Waals surface area contributed by atoms with Gasteiger partial charge < -0.3 is 10.2 Å². The molecule has 2 aromatic carbocycles. The van der Waals surface area contributed by atoms with Gasteiger partial charge in [-0.25, -0.2) is 9.36 Å². The number of aromatic hydroxyl groups is 1. The third-order valence-corrected chi connectivity index (χ3v) is 5.22. The van der Waals surface area contributed by atoms with Gasteiger partial charge in [-0.15, -0.1) is 0 Å². The fourth-order valence-corrected chi connectivity index (χ4v) is 3.34. The molecule has 0 saturated heterocycles. The highest BCUT2D eigenvalue weighted by molar-refractivity contribution is 6.42. The molecular weight excluding hydrogens is 403 g/mol. The molecule has 146 valence electrons. The molecule has 0 aliphatic carbocycles. The lowest BCUT2D eigenvalue weighted by Crippen LogP contribution is -2.21. The zero-order valence-corrected chi connectivity index (χ0v) is 16.5. The van der Waals surface area contributed by atoms with Gasteiger partial charge in [0.25, 0.3) is 0 Å². The predicted octanol–water partition coefficient (Wildman–Crippen LogP) is 4.26. The lowest BCUT2D eigenvalue weighted by molar-refractivity contribution is -0.137. The summed E-state index contributed by atoms with van der Waals surface area (Å²) in [5, 5.41) is 20.1. The van der Waals surface area contributed by atoms with Crippen molar-refractivity contribution in [3.63, 3.8) is 0 Å². The van der Waals surface area contributed by atoms with Crippen molar-refractivity contribution >= 4 is 29.2 Å². The van der Waals surface area contributed by atoms with Crippen LogP contribution < -0.4 is 5.69 Å². The van der Waals surface area contributed by atoms with Crippen molar-refractivity contribution in [1.29, 1.82) is 0 Å². The number of aliphatic carboxylic acids is 1. The number of rotatable bonds is 6. The SMILES string of the molecule is Cn1c(-c2ccc(CCCC(=O)O)cc2)c(O)n(-c2ccc(Cl)c(Cl)c2)c1=O. The Morgan fingerprint density at radius 3 is 2.36 bits per heavy atom. The van der Waals surface area contributed by atoms with E-state index in [1.165, 1.54) is 10.6 Å². The van der Waals surface area contributed by atoms with Crippen molar-refractivity contribution < 1.29 is 15.0 Å². The first-order valence-electron chi connectivity index (χ1n) is 8.57. The lowest BCUT2D eigenvalue weighted by atomic mass is 10.0. The van der Waals surface area contributed by atoms with Crippen molar-refractivity contribution in [2.24, 2.45) is 7.05 Å². The van der Waals surface area contributed by atoms with Crippen molar-refractivity contribution in [3.05, 3.63) is 68.6 Å². The van der Waals surface area contributed by atoms with E-state index in [1.807, 2.05) is 12.1 Å². The number of aromatic nitrogens is 2. The summed E-state index contributed by atoms with van der Waals surface area (Å²) in [5.74, 6) is -1.02. The maximum atomic E-state index is 12.7. The highest BCUT2D eigenvalue weighted by atomic mass is 35.5. The summed E-state index contributed by atoms with van der Waals surface area (Å²) in [6, 6.07) is 12.0. The van der Waals surface area contributed by atoms with Gasteiger partial charge in [0.15, 0.2) is 0 Å². The molecule has 1 heterocycles. The first-order chi connectivity index (χ1) is 13.3. The van der Waals surface area contributed by atoms with E-state index in [-0.39, 0.29) is 17.3 Å². The second-order valence-corrected chi connectivity index (χ2v) is 7.21. The summed E-state index contributed by atoms with van der Waals surface area (Å²) < 4.78 is 2.52. The van der Waals surface area contributed by atoms with Gasteiger partial charge >= 0.3 is 11.7 Å². The van der Waals surface area contributed by atoms with E-state index < -0.39 is 11.7 Å². The molecule has 0 radical (unpaired) electrons. The second-order valence-electron chi connectivity index (χ2n) is 6.39. The summed E-state index contributed by atoms with van der Waals surface area (Å²) in [7, 11) is 1.58. The molecule has 0 bridgehead atoms. The molecule has 0 atom stereocenters. The van der Waals surface area contributed by atoms with Gasteiger partial charge in [0, 0.05) is 19.0 Å². The quantitative estimate of drug-likeness (QED) is 0.623. The van der Waals surface area contributed by atoms with E-state index in [0.717, 1.165) is 10.1 Å². The Morgan fingerprint density at radius 1 is 1.07 bits per heavy atom. The standard InChI is InChI=1S/C20H18Cl2N2O4/c1-23-18(13-7-5-12(6-8-13)3-2-4-17(25)26)19(27)24(20(23)28)14-9-10-15(21)16(22)11-14/h5-11,27H,2-4H2,1H3,(H,25,26). The van der Waals surface area contributed by atoms with E-state index in [1.54, 1.807) is 31.3 Å². The summed E-state index contributed by atoms with van der Waals surface area (Å²) in [5.41, 5.74) is 2.00. The van der Waals surface area contributed by atoms with Crippen molar-refractivity contribution in [3.8, 4) is 22.8 Å². The Bertz CT molecular complexity index is 1080. The van der Waals surface area contributed by atoms with Crippen molar-refractivity contribution in [1.82, 2.24) is 9.13 Å². The minimum absolute atomic E-state index is 0.115. The molecule has 1 aromatic heterocycles. The van der Waals surface area contributed by atoms with Crippen LogP contribution in [0.15, 0.2) is 47.3 Å². The number of nitrogens with zero attached hydrogens (tertiary/aromatic N) is 2. The molecule has 0 spiro atoms. The van der Waals surface area contributed by atoms with Crippen LogP contribution in [-0.4, -0.2) is 25.3 Å². The zero-order chi connectivity index (χ0) is 20.4. The van der Waals surface area contributed by atoms with Gasteiger partial charge in [-0.3, -0.25) is 9.36 Å². The highest BCUT2D eigenvalue weighted by Gasteiger charge is 2.20. The number of halogens is 2. The monoisotopic (exact) mass is 420 g/mol. The molecule has 6 nitrogen and oxygen atoms in total. The van der Waals surface area contributed by atoms with E-state index in [9.17, 15) is 14.7 Å². The van der Waals surface area contributed by atoms with E-state index >= 15 is 0 Å². The Hall–Kier alpha value is -2.70. The molecule has 0 fully saturated rings. The molecule has 28 heavy (non-hydrogen) atoms. The molecule has 3 rings (SSSR count). The van der Waals surface area contributed by atoms with E-state index in [4.69, 9.17) is 28.3 Å². The van der Waals surface area contributed by atoms with Crippen LogP contribution in [0.1, 0.15) is 18.4 Å². The third kappa shape index (κ3) is 3.93. The van der Waals surface area contributed by atoms with Crippen LogP contribution in [0, 0.1) is 0 Å². The number of carboxylic acids is 1. The number of carboxylic acid groups (broad SMARTS) is 1. The van der Waals surface area contributed by atoms with Crippen LogP contribution in [0.2, 0.25) is 10.0 Å². The molecule has 0 saturated carbocycles. The smallest absolute Gasteiger partial charge is 0.335 e. The summed E-state index contributed by atoms with van der Waals surface area (Å²) >= 11 is 12.0. The Balaban J connectivity index is 1.96. The van der Waals surface area contributed by atoms with Crippen molar-refractivity contribution in [2.75, 3.05) is 0 Å². The maximum Gasteiger partial charge on any atom is 0.335 e. The van der Waals surface area contributed by atoms with Crippen molar-refractivity contribution in [2.45, 2.75) is 19.3 Å². The number of aryl methyl sites for hydroxylation is 1. The van der Waals surface area contributed by atoms with Gasteiger partial charge in [-0.1, -0.05) is 47.5 Å². The minimum Gasteiger partial charge on any atom is -0.493 e. The average Bonchev–Trinajstić information content (AvgIpc) is 2.87. The zero-order valence-electron chi connectivity index (χ0n) is 15.0. The van der Waals surface area contributed by atoms with Crippen LogP contribution in [0.5, 0.6) is 5.88 Å². The Labute approximate surface area is 171 Å². The predicted molar refractivity (Wildman–Crippen MR) is 109 cm³/mol. The molecule has 0 unspecified atom stereocenters. The van der Waals surface area contributed by atoms with E-state index in [0.29, 0.717) is 34.8 Å². The third-order valence-electron chi connectivity index (χ3n) is 4.48. The van der Waals surface area contributed by atoms with Gasteiger partial charge in [0.1, 0.15) is 5.69 Å². The summed E-state index contributed by atoms with van der Waals surface area (Å²) in [4.78, 5) is 23.3. The van der Waals surface area contributed by atoms with Crippen LogP contribution in [-0.2, 0) is 18.3 Å². The normalized spacial score (nSPS) is 11.0. The average molecular weight is 421 g/mol. The first-order valence-corrected chi connectivity index (χ1v) is 9.32. The van der Waals surface area contributed by atoms with Crippen LogP contribution in [0.4, 0.5) is 0 Å². The summed E-state index contributed by atoms with van der Waals surface area (Å²) in [6.45, 7) is 0. The largest absolute Gasteiger partial charge is 0.493 e. The number of imidazole rings is 1. The van der Waals surface area contributed by atoms with Gasteiger partial charge in [-0.05, 0) is 36.6 Å². The molecule has 2 N–H and O–H groups in total. The summed E-state index contributed by atoms with van der Waals surface area (Å²) in [6.07, 6.45) is 1.30. The van der Waals surface area contributed by atoms with Gasteiger partial charge in [0.2, 0.25) is 5.88 Å². The molecule has 3 aromatic rings. The second kappa shape index (κ2) is 8.12. The van der Waals surface area contributed by atoms with E-state index in [2.05, 4.69) is 0 Å². The Morgan fingerprint density at radius 2 is 1.75 bits per heavy atom. The fraction of sp³-hybridized carbons (Fsp3) is 0.200. The fourth-order valence-electron chi connectivity index (χ4n) is 3.04. The highest BCUT2D eigenvalue weighted by Crippen LogP contribution is 2.32. The topological polar surface area (TPSA) is 84.5 Å².